The predicted octanol–water partition coefficient (Wildman–Crippen LogP) is 15.9. The molecule has 0 amide bonds. The van der Waals surface area contributed by atoms with Gasteiger partial charge < -0.3 is 19.4 Å². The van der Waals surface area contributed by atoms with Crippen molar-refractivity contribution in [3.63, 3.8) is 0 Å². The van der Waals surface area contributed by atoms with Gasteiger partial charge in [0.25, 0.3) is 0 Å². The SMILES string of the molecule is CC(C)(C)c1ccc(N2c3cc4ccccc4c4c3[Si]3(c5ccccc5)c5c2cc2ccccc2c5N(c2ccc(C(C)(C)C)cc2)c2c3c3c(c5ccccc25)Oc2cc(C(C)(C)C)ccc2N34)cc1. The van der Waals surface area contributed by atoms with Crippen LogP contribution in [0.1, 0.15) is 79.0 Å². The van der Waals surface area contributed by atoms with E-state index in [1.807, 2.05) is 0 Å². The average molecular weight is 936 g/mol. The molecule has 346 valence electrons. The van der Waals surface area contributed by atoms with Crippen molar-refractivity contribution in [1.82, 2.24) is 0 Å². The van der Waals surface area contributed by atoms with Gasteiger partial charge in [-0.25, -0.2) is 0 Å². The van der Waals surface area contributed by atoms with Crippen LogP contribution in [-0.4, -0.2) is 8.07 Å². The number of benzene rings is 10. The van der Waals surface area contributed by atoms with E-state index in [1.165, 1.54) is 92.8 Å². The molecule has 4 nitrogen and oxygen atoms in total. The third-order valence-electron chi connectivity index (χ3n) is 16.1. The van der Waals surface area contributed by atoms with Crippen molar-refractivity contribution < 1.29 is 4.74 Å². The number of ether oxygens (including phenoxy) is 1. The van der Waals surface area contributed by atoms with E-state index in [0.29, 0.717) is 0 Å². The van der Waals surface area contributed by atoms with Gasteiger partial charge in [-0.15, -0.1) is 0 Å². The van der Waals surface area contributed by atoms with Crippen LogP contribution in [0.15, 0.2) is 182 Å². The third kappa shape index (κ3) is 5.67. The smallest absolute Gasteiger partial charge is 0.194 e. The van der Waals surface area contributed by atoms with Crippen LogP contribution in [0.4, 0.5) is 51.2 Å². The van der Waals surface area contributed by atoms with E-state index in [9.17, 15) is 0 Å². The molecule has 0 radical (unpaired) electrons. The molecular formula is C66H57N3OSi. The van der Waals surface area contributed by atoms with Crippen LogP contribution < -0.4 is 40.2 Å². The number of hydrogen-bond acceptors (Lipinski definition) is 4. The second-order valence-corrected chi connectivity index (χ2v) is 27.0. The normalized spacial score (nSPS) is 16.3. The second-order valence-electron chi connectivity index (χ2n) is 23.4. The number of hydrogen-bond donors (Lipinski definition) is 0. The molecule has 0 spiro atoms. The van der Waals surface area contributed by atoms with Gasteiger partial charge in [0, 0.05) is 59.9 Å². The minimum Gasteiger partial charge on any atom is -0.452 e. The van der Waals surface area contributed by atoms with Crippen LogP contribution >= 0.6 is 0 Å². The number of rotatable bonds is 3. The van der Waals surface area contributed by atoms with Crippen molar-refractivity contribution in [3.8, 4) is 11.5 Å². The topological polar surface area (TPSA) is 19.0 Å². The van der Waals surface area contributed by atoms with E-state index >= 15 is 0 Å². The van der Waals surface area contributed by atoms with Crippen LogP contribution in [0.5, 0.6) is 11.5 Å². The molecule has 0 aliphatic carbocycles. The number of anilines is 9. The van der Waals surface area contributed by atoms with Crippen molar-refractivity contribution in [3.05, 3.63) is 199 Å². The molecule has 10 aromatic rings. The summed E-state index contributed by atoms with van der Waals surface area (Å²) in [7, 11) is -3.43. The molecule has 0 bridgehead atoms. The van der Waals surface area contributed by atoms with Gasteiger partial charge in [-0.05, 0) is 97.4 Å². The Morgan fingerprint density at radius 3 is 1.35 bits per heavy atom. The summed E-state index contributed by atoms with van der Waals surface area (Å²) in [6.07, 6.45) is 0. The predicted molar refractivity (Wildman–Crippen MR) is 303 cm³/mol. The molecule has 4 heterocycles. The molecule has 71 heavy (non-hydrogen) atoms. The van der Waals surface area contributed by atoms with Gasteiger partial charge in [0.1, 0.15) is 0 Å². The summed E-state index contributed by atoms with van der Waals surface area (Å²) in [5.74, 6) is 1.81. The summed E-state index contributed by atoms with van der Waals surface area (Å²) in [5, 5.41) is 12.8. The molecule has 0 N–H and O–H groups in total. The van der Waals surface area contributed by atoms with Crippen LogP contribution in [0.25, 0.3) is 32.3 Å². The van der Waals surface area contributed by atoms with E-state index in [4.69, 9.17) is 4.74 Å². The maximum atomic E-state index is 7.63. The zero-order valence-electron chi connectivity index (χ0n) is 42.1. The van der Waals surface area contributed by atoms with Crippen LogP contribution in [0, 0.1) is 0 Å². The highest BCUT2D eigenvalue weighted by Crippen LogP contribution is 2.63. The quantitative estimate of drug-likeness (QED) is 0.164. The Hall–Kier alpha value is -7.60. The first-order chi connectivity index (χ1) is 34.1. The minimum atomic E-state index is -3.43. The highest BCUT2D eigenvalue weighted by molar-refractivity contribution is 7.25. The lowest BCUT2D eigenvalue weighted by molar-refractivity contribution is 0.479. The first kappa shape index (κ1) is 42.3. The van der Waals surface area contributed by atoms with Crippen molar-refractivity contribution in [2.24, 2.45) is 0 Å². The molecule has 0 fully saturated rings. The second kappa shape index (κ2) is 14.3. The lowest BCUT2D eigenvalue weighted by Gasteiger charge is -2.57. The molecular weight excluding hydrogens is 879 g/mol. The lowest BCUT2D eigenvalue weighted by atomic mass is 9.86. The zero-order chi connectivity index (χ0) is 48.5. The third-order valence-corrected chi connectivity index (χ3v) is 21.0. The molecule has 4 aliphatic heterocycles. The molecule has 10 aromatic carbocycles. The Morgan fingerprint density at radius 2 is 0.803 bits per heavy atom. The summed E-state index contributed by atoms with van der Waals surface area (Å²) in [6, 6.07) is 70.0. The van der Waals surface area contributed by atoms with E-state index < -0.39 is 8.07 Å². The number of fused-ring (bicyclic) bond motifs is 10. The Labute approximate surface area is 418 Å². The largest absolute Gasteiger partial charge is 0.452 e. The van der Waals surface area contributed by atoms with Gasteiger partial charge in [0.15, 0.2) is 19.6 Å². The summed E-state index contributed by atoms with van der Waals surface area (Å²) in [5.41, 5.74) is 14.5. The highest BCUT2D eigenvalue weighted by Gasteiger charge is 2.62. The Bertz CT molecular complexity index is 3890. The van der Waals surface area contributed by atoms with Gasteiger partial charge in [-0.2, -0.15) is 0 Å². The molecule has 0 aromatic heterocycles. The van der Waals surface area contributed by atoms with Gasteiger partial charge >= 0.3 is 0 Å². The maximum Gasteiger partial charge on any atom is 0.194 e. The lowest BCUT2D eigenvalue weighted by Crippen LogP contribution is -2.81. The summed E-state index contributed by atoms with van der Waals surface area (Å²) in [4.78, 5) is 7.97. The summed E-state index contributed by atoms with van der Waals surface area (Å²) < 4.78 is 7.63. The van der Waals surface area contributed by atoms with Crippen molar-refractivity contribution in [2.75, 3.05) is 14.7 Å². The standard InChI is InChI=1S/C66H57N3OSi/c1-64(2,3)42-27-32-45(33-28-42)67-53-37-40-19-13-15-23-48(40)56-61(53)71(47-21-11-10-12-22-47)62-54(67)38-41-20-14-16-24-49(41)57(62)69-52-36-31-44(66(7,8)9)39-55(52)70-60-51-26-18-17-25-50(51)58(63(71)59(60)69)68(56)46-34-29-43(30-35-46)65(4,5)6/h10-39H,1-9H3. The minimum absolute atomic E-state index is 0.000242. The summed E-state index contributed by atoms with van der Waals surface area (Å²) in [6.45, 7) is 20.7. The molecule has 0 saturated carbocycles. The fraction of sp³-hybridized carbons (Fsp3) is 0.182. The molecule has 4 aliphatic rings. The van der Waals surface area contributed by atoms with E-state index in [0.717, 1.165) is 39.6 Å². The number of nitrogens with zero attached hydrogens (tertiary/aromatic N) is 3. The van der Waals surface area contributed by atoms with Gasteiger partial charge in [-0.1, -0.05) is 196 Å². The van der Waals surface area contributed by atoms with Crippen molar-refractivity contribution in [1.29, 1.82) is 0 Å². The monoisotopic (exact) mass is 935 g/mol. The van der Waals surface area contributed by atoms with Gasteiger partial charge in [0.05, 0.1) is 28.4 Å². The first-order valence-corrected chi connectivity index (χ1v) is 27.3. The van der Waals surface area contributed by atoms with E-state index in [1.54, 1.807) is 0 Å². The van der Waals surface area contributed by atoms with Crippen LogP contribution in [0.2, 0.25) is 0 Å². The van der Waals surface area contributed by atoms with Gasteiger partial charge in [-0.3, -0.25) is 0 Å². The fourth-order valence-corrected chi connectivity index (χ4v) is 18.5. The molecule has 1 unspecified atom stereocenters. The molecule has 5 heteroatoms. The maximum absolute atomic E-state index is 7.63. The Kier molecular flexibility index (Phi) is 8.50. The van der Waals surface area contributed by atoms with Crippen LogP contribution in [0.3, 0.4) is 0 Å². The Morgan fingerprint density at radius 1 is 0.352 bits per heavy atom. The van der Waals surface area contributed by atoms with Crippen LogP contribution in [-0.2, 0) is 16.2 Å². The molecule has 14 rings (SSSR count). The van der Waals surface area contributed by atoms with Crippen molar-refractivity contribution >= 4 is 112 Å². The fourth-order valence-electron chi connectivity index (χ4n) is 12.7. The summed E-state index contributed by atoms with van der Waals surface area (Å²) >= 11 is 0. The van der Waals surface area contributed by atoms with E-state index in [-0.39, 0.29) is 16.2 Å². The van der Waals surface area contributed by atoms with Gasteiger partial charge in [0.2, 0.25) is 0 Å². The molecule has 0 saturated heterocycles. The van der Waals surface area contributed by atoms with E-state index in [2.05, 4.69) is 259 Å². The first-order valence-electron chi connectivity index (χ1n) is 25.3. The zero-order valence-corrected chi connectivity index (χ0v) is 43.1. The Balaban J connectivity index is 1.26. The molecule has 1 atom stereocenters. The highest BCUT2D eigenvalue weighted by atomic mass is 28.3. The average Bonchev–Trinajstić information content (AvgIpc) is 3.37. The van der Waals surface area contributed by atoms with Crippen molar-refractivity contribution in [2.45, 2.75) is 78.6 Å².